The van der Waals surface area contributed by atoms with Crippen LogP contribution in [-0.4, -0.2) is 18.0 Å². The molecular formula is C16H14F3NO2. The van der Waals surface area contributed by atoms with Gasteiger partial charge in [-0.05, 0) is 48.4 Å². The number of oxime groups is 1. The second-order valence-corrected chi connectivity index (χ2v) is 4.68. The van der Waals surface area contributed by atoms with Gasteiger partial charge in [-0.3, -0.25) is 0 Å². The molecular weight excluding hydrogens is 295 g/mol. The van der Waals surface area contributed by atoms with Crippen molar-refractivity contribution in [2.24, 2.45) is 5.16 Å². The third-order valence-electron chi connectivity index (χ3n) is 3.27. The van der Waals surface area contributed by atoms with Gasteiger partial charge in [0.1, 0.15) is 5.75 Å². The van der Waals surface area contributed by atoms with Gasteiger partial charge in [0.2, 0.25) is 0 Å². The van der Waals surface area contributed by atoms with Crippen molar-refractivity contribution in [3.05, 3.63) is 53.6 Å². The van der Waals surface area contributed by atoms with Crippen molar-refractivity contribution in [3.63, 3.8) is 0 Å². The molecule has 0 saturated carbocycles. The first-order valence-electron chi connectivity index (χ1n) is 6.41. The zero-order chi connectivity index (χ0) is 16.3. The van der Waals surface area contributed by atoms with E-state index < -0.39 is 11.7 Å². The van der Waals surface area contributed by atoms with Crippen LogP contribution in [0.2, 0.25) is 0 Å². The van der Waals surface area contributed by atoms with Gasteiger partial charge in [0, 0.05) is 5.56 Å². The Morgan fingerprint density at radius 1 is 1.14 bits per heavy atom. The molecule has 0 heterocycles. The highest BCUT2D eigenvalue weighted by Gasteiger charge is 2.30. The van der Waals surface area contributed by atoms with Crippen LogP contribution >= 0.6 is 0 Å². The van der Waals surface area contributed by atoms with E-state index in [9.17, 15) is 13.2 Å². The molecule has 3 nitrogen and oxygen atoms in total. The Morgan fingerprint density at radius 2 is 1.86 bits per heavy atom. The SMILES string of the molecule is COc1ccc(/C(C)=N/O)cc1-c1cccc(C(F)(F)F)c1. The molecule has 0 aliphatic rings. The number of halogens is 3. The summed E-state index contributed by atoms with van der Waals surface area (Å²) in [5.41, 5.74) is 1.09. The van der Waals surface area contributed by atoms with Crippen LogP contribution < -0.4 is 4.74 Å². The van der Waals surface area contributed by atoms with E-state index in [-0.39, 0.29) is 0 Å². The van der Waals surface area contributed by atoms with Gasteiger partial charge in [0.15, 0.2) is 0 Å². The fourth-order valence-corrected chi connectivity index (χ4v) is 2.08. The molecule has 0 unspecified atom stereocenters. The first-order chi connectivity index (χ1) is 10.4. The Morgan fingerprint density at radius 3 is 2.45 bits per heavy atom. The molecule has 0 radical (unpaired) electrons. The standard InChI is InChI=1S/C16H14F3NO2/c1-10(20-21)11-6-7-15(22-2)14(9-11)12-4-3-5-13(8-12)16(17,18)19/h3-9,21H,1-2H3/b20-10+. The Labute approximate surface area is 125 Å². The fourth-order valence-electron chi connectivity index (χ4n) is 2.08. The lowest BCUT2D eigenvalue weighted by molar-refractivity contribution is -0.137. The normalized spacial score (nSPS) is 12.3. The average Bonchev–Trinajstić information content (AvgIpc) is 2.52. The van der Waals surface area contributed by atoms with E-state index in [1.54, 1.807) is 31.2 Å². The lowest BCUT2D eigenvalue weighted by Crippen LogP contribution is -2.04. The van der Waals surface area contributed by atoms with Gasteiger partial charge in [-0.15, -0.1) is 0 Å². The molecule has 0 amide bonds. The number of methoxy groups -OCH3 is 1. The molecule has 1 N–H and O–H groups in total. The summed E-state index contributed by atoms with van der Waals surface area (Å²) in [5, 5.41) is 11.9. The van der Waals surface area contributed by atoms with Gasteiger partial charge in [-0.1, -0.05) is 17.3 Å². The summed E-state index contributed by atoms with van der Waals surface area (Å²) in [6.45, 7) is 1.59. The van der Waals surface area contributed by atoms with Crippen molar-refractivity contribution in [2.75, 3.05) is 7.11 Å². The molecule has 0 aliphatic carbocycles. The highest BCUT2D eigenvalue weighted by Crippen LogP contribution is 2.35. The number of benzene rings is 2. The molecule has 0 bridgehead atoms. The quantitative estimate of drug-likeness (QED) is 0.512. The molecule has 0 aromatic heterocycles. The summed E-state index contributed by atoms with van der Waals surface area (Å²) in [6.07, 6.45) is -4.41. The maximum atomic E-state index is 12.8. The smallest absolute Gasteiger partial charge is 0.416 e. The molecule has 0 saturated heterocycles. The fraction of sp³-hybridized carbons (Fsp3) is 0.188. The number of ether oxygens (including phenoxy) is 1. The molecule has 2 rings (SSSR count). The van der Waals surface area contributed by atoms with Gasteiger partial charge >= 0.3 is 6.18 Å². The maximum absolute atomic E-state index is 12.8. The van der Waals surface area contributed by atoms with Crippen molar-refractivity contribution in [3.8, 4) is 16.9 Å². The minimum atomic E-state index is -4.41. The van der Waals surface area contributed by atoms with E-state index in [1.807, 2.05) is 0 Å². The van der Waals surface area contributed by atoms with Crippen LogP contribution in [-0.2, 0) is 6.18 Å². The highest BCUT2D eigenvalue weighted by atomic mass is 19.4. The van der Waals surface area contributed by atoms with Crippen LogP contribution in [0.15, 0.2) is 47.6 Å². The van der Waals surface area contributed by atoms with Crippen molar-refractivity contribution in [1.82, 2.24) is 0 Å². The van der Waals surface area contributed by atoms with E-state index >= 15 is 0 Å². The Balaban J connectivity index is 2.60. The lowest BCUT2D eigenvalue weighted by atomic mass is 9.98. The van der Waals surface area contributed by atoms with Crippen LogP contribution in [0.5, 0.6) is 5.75 Å². The predicted octanol–water partition coefficient (Wildman–Crippen LogP) is 4.58. The van der Waals surface area contributed by atoms with Gasteiger partial charge in [0.05, 0.1) is 18.4 Å². The molecule has 2 aromatic rings. The minimum absolute atomic E-state index is 0.357. The molecule has 0 spiro atoms. The average molecular weight is 309 g/mol. The Kier molecular flexibility index (Phi) is 4.40. The zero-order valence-corrected chi connectivity index (χ0v) is 12.0. The van der Waals surface area contributed by atoms with Crippen molar-refractivity contribution in [1.29, 1.82) is 0 Å². The molecule has 2 aromatic carbocycles. The summed E-state index contributed by atoms with van der Waals surface area (Å²) in [7, 11) is 1.44. The summed E-state index contributed by atoms with van der Waals surface area (Å²) in [4.78, 5) is 0. The molecule has 116 valence electrons. The van der Waals surface area contributed by atoms with Crippen molar-refractivity contribution >= 4 is 5.71 Å². The number of rotatable bonds is 3. The lowest BCUT2D eigenvalue weighted by Gasteiger charge is -2.13. The second-order valence-electron chi connectivity index (χ2n) is 4.68. The van der Waals surface area contributed by atoms with Crippen LogP contribution in [0, 0.1) is 0 Å². The number of hydrogen-bond donors (Lipinski definition) is 1. The first-order valence-corrected chi connectivity index (χ1v) is 6.41. The third kappa shape index (κ3) is 3.21. The number of hydrogen-bond acceptors (Lipinski definition) is 3. The topological polar surface area (TPSA) is 41.8 Å². The minimum Gasteiger partial charge on any atom is -0.496 e. The summed E-state index contributed by atoms with van der Waals surface area (Å²) >= 11 is 0. The molecule has 0 aliphatic heterocycles. The number of nitrogens with zero attached hydrogens (tertiary/aromatic N) is 1. The van der Waals surface area contributed by atoms with Crippen LogP contribution in [0.4, 0.5) is 13.2 Å². The zero-order valence-electron chi connectivity index (χ0n) is 12.0. The van der Waals surface area contributed by atoms with Crippen LogP contribution in [0.3, 0.4) is 0 Å². The Bertz CT molecular complexity index is 709. The molecule has 22 heavy (non-hydrogen) atoms. The van der Waals surface area contributed by atoms with Crippen LogP contribution in [0.1, 0.15) is 18.1 Å². The molecule has 0 atom stereocenters. The van der Waals surface area contributed by atoms with E-state index in [2.05, 4.69) is 5.16 Å². The summed E-state index contributed by atoms with van der Waals surface area (Å²) in [5.74, 6) is 0.439. The van der Waals surface area contributed by atoms with E-state index in [0.29, 0.717) is 28.2 Å². The third-order valence-corrected chi connectivity index (χ3v) is 3.27. The van der Waals surface area contributed by atoms with Gasteiger partial charge in [-0.25, -0.2) is 0 Å². The van der Waals surface area contributed by atoms with E-state index in [0.717, 1.165) is 12.1 Å². The van der Waals surface area contributed by atoms with Crippen LogP contribution in [0.25, 0.3) is 11.1 Å². The Hall–Kier alpha value is -2.50. The van der Waals surface area contributed by atoms with Gasteiger partial charge in [-0.2, -0.15) is 13.2 Å². The maximum Gasteiger partial charge on any atom is 0.416 e. The van der Waals surface area contributed by atoms with Crippen molar-refractivity contribution in [2.45, 2.75) is 13.1 Å². The predicted molar refractivity (Wildman–Crippen MR) is 77.4 cm³/mol. The van der Waals surface area contributed by atoms with Crippen molar-refractivity contribution < 1.29 is 23.1 Å². The highest BCUT2D eigenvalue weighted by molar-refractivity contribution is 5.99. The molecule has 6 heteroatoms. The summed E-state index contributed by atoms with van der Waals surface area (Å²) in [6, 6.07) is 9.92. The van der Waals surface area contributed by atoms with E-state index in [4.69, 9.17) is 9.94 Å². The largest absolute Gasteiger partial charge is 0.496 e. The van der Waals surface area contributed by atoms with E-state index in [1.165, 1.54) is 13.2 Å². The monoisotopic (exact) mass is 309 g/mol. The van der Waals surface area contributed by atoms with Gasteiger partial charge < -0.3 is 9.94 Å². The van der Waals surface area contributed by atoms with Gasteiger partial charge in [0.25, 0.3) is 0 Å². The summed E-state index contributed by atoms with van der Waals surface area (Å²) < 4.78 is 43.7. The first kappa shape index (κ1) is 15.9. The number of alkyl halides is 3. The molecule has 0 fully saturated rings. The second kappa shape index (κ2) is 6.09.